The number of carbonyl (C=O) groups excluding carboxylic acids is 2. The SMILES string of the molecule is CCCC(=O)Nc1ccc(C(=O)Nc2nnc(-c3ccc(OC)cc3)o2)cc1. The molecule has 3 rings (SSSR count). The van der Waals surface area contributed by atoms with E-state index in [1.54, 1.807) is 55.6 Å². The van der Waals surface area contributed by atoms with Gasteiger partial charge in [-0.05, 0) is 55.0 Å². The van der Waals surface area contributed by atoms with Gasteiger partial charge in [-0.25, -0.2) is 0 Å². The molecule has 0 fully saturated rings. The summed E-state index contributed by atoms with van der Waals surface area (Å²) in [4.78, 5) is 23.9. The van der Waals surface area contributed by atoms with Crippen LogP contribution in [0.15, 0.2) is 52.9 Å². The lowest BCUT2D eigenvalue weighted by molar-refractivity contribution is -0.116. The van der Waals surface area contributed by atoms with Crippen LogP contribution in [0.4, 0.5) is 11.7 Å². The molecule has 0 atom stereocenters. The molecule has 144 valence electrons. The van der Waals surface area contributed by atoms with Crippen LogP contribution in [-0.4, -0.2) is 29.1 Å². The van der Waals surface area contributed by atoms with Crippen LogP contribution in [0.5, 0.6) is 5.75 Å². The van der Waals surface area contributed by atoms with Gasteiger partial charge in [0.25, 0.3) is 5.91 Å². The van der Waals surface area contributed by atoms with Crippen LogP contribution in [0.2, 0.25) is 0 Å². The third kappa shape index (κ3) is 4.73. The molecular formula is C20H20N4O4. The first kappa shape index (κ1) is 19.1. The number of benzene rings is 2. The zero-order valence-corrected chi connectivity index (χ0v) is 15.6. The molecule has 0 saturated carbocycles. The molecule has 0 aliphatic heterocycles. The van der Waals surface area contributed by atoms with Crippen LogP contribution in [0.1, 0.15) is 30.1 Å². The summed E-state index contributed by atoms with van der Waals surface area (Å²) in [6.45, 7) is 1.94. The number of hydrogen-bond donors (Lipinski definition) is 2. The van der Waals surface area contributed by atoms with E-state index in [1.165, 1.54) is 0 Å². The van der Waals surface area contributed by atoms with Crippen molar-refractivity contribution in [2.45, 2.75) is 19.8 Å². The molecule has 0 unspecified atom stereocenters. The molecule has 28 heavy (non-hydrogen) atoms. The number of ether oxygens (including phenoxy) is 1. The number of amides is 2. The van der Waals surface area contributed by atoms with Gasteiger partial charge in [0.15, 0.2) is 0 Å². The molecule has 8 heteroatoms. The number of nitrogens with zero attached hydrogens (tertiary/aromatic N) is 2. The number of carbonyl (C=O) groups is 2. The van der Waals surface area contributed by atoms with Gasteiger partial charge in [0, 0.05) is 23.2 Å². The highest BCUT2D eigenvalue weighted by molar-refractivity contribution is 6.03. The molecule has 2 aromatic carbocycles. The number of methoxy groups -OCH3 is 1. The molecule has 0 saturated heterocycles. The first-order valence-corrected chi connectivity index (χ1v) is 8.78. The van der Waals surface area contributed by atoms with Crippen LogP contribution in [0.25, 0.3) is 11.5 Å². The lowest BCUT2D eigenvalue weighted by Crippen LogP contribution is -2.13. The molecule has 0 bridgehead atoms. The van der Waals surface area contributed by atoms with Crippen LogP contribution >= 0.6 is 0 Å². The summed E-state index contributed by atoms with van der Waals surface area (Å²) in [7, 11) is 1.58. The van der Waals surface area contributed by atoms with Crippen LogP contribution < -0.4 is 15.4 Å². The molecule has 8 nitrogen and oxygen atoms in total. The van der Waals surface area contributed by atoms with Crippen molar-refractivity contribution >= 4 is 23.5 Å². The standard InChI is InChI=1S/C20H20N4O4/c1-3-4-17(25)21-15-9-5-13(6-10-15)18(26)22-20-24-23-19(28-20)14-7-11-16(27-2)12-8-14/h5-12H,3-4H2,1-2H3,(H,21,25)(H,22,24,26). The van der Waals surface area contributed by atoms with E-state index in [-0.39, 0.29) is 17.8 Å². The highest BCUT2D eigenvalue weighted by Crippen LogP contribution is 2.22. The fourth-order valence-corrected chi connectivity index (χ4v) is 2.45. The van der Waals surface area contributed by atoms with Crippen molar-refractivity contribution in [2.75, 3.05) is 17.7 Å². The first-order valence-electron chi connectivity index (χ1n) is 8.78. The predicted octanol–water partition coefficient (Wildman–Crippen LogP) is 3.74. The van der Waals surface area contributed by atoms with Crippen LogP contribution in [0.3, 0.4) is 0 Å². The minimum absolute atomic E-state index is 0.00357. The monoisotopic (exact) mass is 380 g/mol. The molecule has 0 spiro atoms. The van der Waals surface area contributed by atoms with Gasteiger partial charge in [0.05, 0.1) is 7.11 Å². The Hall–Kier alpha value is -3.68. The predicted molar refractivity (Wildman–Crippen MR) is 104 cm³/mol. The Morgan fingerprint density at radius 2 is 1.71 bits per heavy atom. The maximum absolute atomic E-state index is 12.3. The number of rotatable bonds is 7. The van der Waals surface area contributed by atoms with Gasteiger partial charge < -0.3 is 14.5 Å². The van der Waals surface area contributed by atoms with Crippen molar-refractivity contribution in [1.82, 2.24) is 10.2 Å². The largest absolute Gasteiger partial charge is 0.497 e. The zero-order chi connectivity index (χ0) is 19.9. The van der Waals surface area contributed by atoms with Crippen LogP contribution in [0, 0.1) is 0 Å². The molecule has 0 aliphatic rings. The zero-order valence-electron chi connectivity index (χ0n) is 15.6. The fourth-order valence-electron chi connectivity index (χ4n) is 2.45. The number of anilines is 2. The summed E-state index contributed by atoms with van der Waals surface area (Å²) in [5.41, 5.74) is 1.74. The lowest BCUT2D eigenvalue weighted by atomic mass is 10.2. The number of hydrogen-bond acceptors (Lipinski definition) is 6. The topological polar surface area (TPSA) is 106 Å². The van der Waals surface area contributed by atoms with Gasteiger partial charge in [-0.3, -0.25) is 14.9 Å². The summed E-state index contributed by atoms with van der Waals surface area (Å²) in [5.74, 6) is 0.547. The maximum Gasteiger partial charge on any atom is 0.322 e. The molecule has 2 N–H and O–H groups in total. The normalized spacial score (nSPS) is 10.4. The highest BCUT2D eigenvalue weighted by atomic mass is 16.5. The van der Waals surface area contributed by atoms with Crippen molar-refractivity contribution in [3.8, 4) is 17.2 Å². The van der Waals surface area contributed by atoms with E-state index >= 15 is 0 Å². The van der Waals surface area contributed by atoms with Gasteiger partial charge in [-0.1, -0.05) is 12.0 Å². The Balaban J connectivity index is 1.63. The average Bonchev–Trinajstić information content (AvgIpc) is 3.17. The molecule has 1 heterocycles. The second-order valence-corrected chi connectivity index (χ2v) is 5.97. The van der Waals surface area contributed by atoms with E-state index in [9.17, 15) is 9.59 Å². The van der Waals surface area contributed by atoms with E-state index in [2.05, 4.69) is 20.8 Å². The van der Waals surface area contributed by atoms with Gasteiger partial charge in [-0.2, -0.15) is 0 Å². The minimum atomic E-state index is -0.392. The molecule has 1 aromatic heterocycles. The summed E-state index contributed by atoms with van der Waals surface area (Å²) >= 11 is 0. The van der Waals surface area contributed by atoms with Gasteiger partial charge in [0.1, 0.15) is 5.75 Å². The fraction of sp³-hybridized carbons (Fsp3) is 0.200. The summed E-state index contributed by atoms with van der Waals surface area (Å²) in [5, 5.41) is 13.1. The second-order valence-electron chi connectivity index (χ2n) is 5.97. The quantitative estimate of drug-likeness (QED) is 0.647. The third-order valence-corrected chi connectivity index (χ3v) is 3.89. The van der Waals surface area contributed by atoms with E-state index in [1.807, 2.05) is 6.92 Å². The Bertz CT molecular complexity index is 949. The lowest BCUT2D eigenvalue weighted by Gasteiger charge is -2.05. The number of nitrogens with one attached hydrogen (secondary N) is 2. The van der Waals surface area contributed by atoms with Crippen molar-refractivity contribution in [2.24, 2.45) is 0 Å². The summed E-state index contributed by atoms with van der Waals surface area (Å²) in [6, 6.07) is 13.7. The third-order valence-electron chi connectivity index (χ3n) is 3.89. The van der Waals surface area contributed by atoms with Crippen molar-refractivity contribution in [3.05, 3.63) is 54.1 Å². The highest BCUT2D eigenvalue weighted by Gasteiger charge is 2.13. The number of aromatic nitrogens is 2. The van der Waals surface area contributed by atoms with Crippen molar-refractivity contribution in [3.63, 3.8) is 0 Å². The van der Waals surface area contributed by atoms with Crippen LogP contribution in [-0.2, 0) is 4.79 Å². The van der Waals surface area contributed by atoms with Crippen molar-refractivity contribution in [1.29, 1.82) is 0 Å². The molecular weight excluding hydrogens is 360 g/mol. The van der Waals surface area contributed by atoms with Crippen molar-refractivity contribution < 1.29 is 18.7 Å². The summed E-state index contributed by atoms with van der Waals surface area (Å²) < 4.78 is 10.6. The summed E-state index contributed by atoms with van der Waals surface area (Å²) in [6.07, 6.45) is 1.23. The first-order chi connectivity index (χ1) is 13.6. The van der Waals surface area contributed by atoms with E-state index < -0.39 is 5.91 Å². The van der Waals surface area contributed by atoms with Gasteiger partial charge in [-0.15, -0.1) is 5.10 Å². The van der Waals surface area contributed by atoms with E-state index in [0.29, 0.717) is 29.0 Å². The van der Waals surface area contributed by atoms with Gasteiger partial charge in [0.2, 0.25) is 11.8 Å². The Morgan fingerprint density at radius 1 is 1.00 bits per heavy atom. The molecule has 3 aromatic rings. The Morgan fingerprint density at radius 3 is 2.36 bits per heavy atom. The smallest absolute Gasteiger partial charge is 0.322 e. The minimum Gasteiger partial charge on any atom is -0.497 e. The average molecular weight is 380 g/mol. The maximum atomic E-state index is 12.3. The molecule has 0 aliphatic carbocycles. The Labute approximate surface area is 161 Å². The van der Waals surface area contributed by atoms with Gasteiger partial charge >= 0.3 is 6.01 Å². The van der Waals surface area contributed by atoms with E-state index in [0.717, 1.165) is 6.42 Å². The van der Waals surface area contributed by atoms with E-state index in [4.69, 9.17) is 9.15 Å². The second kappa shape index (κ2) is 8.81. The Kier molecular flexibility index (Phi) is 6.01. The molecule has 2 amide bonds. The molecule has 0 radical (unpaired) electrons.